The van der Waals surface area contributed by atoms with Crippen molar-refractivity contribution in [1.29, 1.82) is 0 Å². The summed E-state index contributed by atoms with van der Waals surface area (Å²) in [4.78, 5) is 14.9. The van der Waals surface area contributed by atoms with Crippen molar-refractivity contribution in [3.05, 3.63) is 54.4 Å². The van der Waals surface area contributed by atoms with Gasteiger partial charge in [0.05, 0.1) is 17.7 Å². The molecule has 0 aliphatic rings. The standard InChI is InChI=1S/C15H16N2O4S/c1-11-5-7-13(8-6-11)17(12(2)15(18)19)22(20,21)14-4-3-9-16-10-14/h3-10,12H,1-2H3,(H,18,19)/p-1. The molecule has 1 aromatic carbocycles. The summed E-state index contributed by atoms with van der Waals surface area (Å²) in [6.07, 6.45) is 2.62. The average Bonchev–Trinajstić information content (AvgIpc) is 2.50. The SMILES string of the molecule is Cc1ccc(N(C(C)C(=O)[O-])S(=O)(=O)c2cccnc2)cc1. The number of carboxylic acid groups (broad SMARTS) is 1. The lowest BCUT2D eigenvalue weighted by Crippen LogP contribution is -2.49. The maximum atomic E-state index is 12.8. The fourth-order valence-electron chi connectivity index (χ4n) is 1.97. The van der Waals surface area contributed by atoms with Crippen LogP contribution in [0.25, 0.3) is 0 Å². The molecule has 1 heterocycles. The summed E-state index contributed by atoms with van der Waals surface area (Å²) in [5.41, 5.74) is 1.19. The zero-order valence-corrected chi connectivity index (χ0v) is 12.9. The second-order valence-electron chi connectivity index (χ2n) is 4.82. The van der Waals surface area contributed by atoms with Gasteiger partial charge in [0.2, 0.25) is 0 Å². The monoisotopic (exact) mass is 319 g/mol. The minimum absolute atomic E-state index is 0.0799. The van der Waals surface area contributed by atoms with Crippen molar-refractivity contribution >= 4 is 21.7 Å². The highest BCUT2D eigenvalue weighted by atomic mass is 32.2. The summed E-state index contributed by atoms with van der Waals surface area (Å²) >= 11 is 0. The smallest absolute Gasteiger partial charge is 0.266 e. The van der Waals surface area contributed by atoms with E-state index in [-0.39, 0.29) is 10.6 Å². The highest BCUT2D eigenvalue weighted by molar-refractivity contribution is 7.92. The molecule has 0 fully saturated rings. The Kier molecular flexibility index (Phi) is 4.46. The number of nitrogens with zero attached hydrogens (tertiary/aromatic N) is 2. The van der Waals surface area contributed by atoms with Gasteiger partial charge in [-0.1, -0.05) is 17.7 Å². The van der Waals surface area contributed by atoms with Gasteiger partial charge < -0.3 is 9.90 Å². The van der Waals surface area contributed by atoms with Crippen LogP contribution in [-0.2, 0) is 14.8 Å². The highest BCUT2D eigenvalue weighted by Gasteiger charge is 2.30. The second-order valence-corrected chi connectivity index (χ2v) is 6.64. The molecule has 116 valence electrons. The van der Waals surface area contributed by atoms with E-state index in [4.69, 9.17) is 0 Å². The number of sulfonamides is 1. The number of hydrogen-bond acceptors (Lipinski definition) is 5. The van der Waals surface area contributed by atoms with Gasteiger partial charge in [0.1, 0.15) is 4.90 Å². The van der Waals surface area contributed by atoms with Crippen molar-refractivity contribution in [2.24, 2.45) is 0 Å². The van der Waals surface area contributed by atoms with Crippen LogP contribution in [0.4, 0.5) is 5.69 Å². The molecule has 1 unspecified atom stereocenters. The molecule has 1 atom stereocenters. The molecule has 0 spiro atoms. The number of aryl methyl sites for hydroxylation is 1. The fraction of sp³-hybridized carbons (Fsp3) is 0.200. The molecule has 0 saturated carbocycles. The Morgan fingerprint density at radius 3 is 2.36 bits per heavy atom. The van der Waals surface area contributed by atoms with Crippen LogP contribution < -0.4 is 9.41 Å². The molecule has 0 aliphatic heterocycles. The summed E-state index contributed by atoms with van der Waals surface area (Å²) in [5, 5.41) is 11.2. The Balaban J connectivity index is 2.59. The van der Waals surface area contributed by atoms with Gasteiger partial charge in [0, 0.05) is 12.4 Å². The lowest BCUT2D eigenvalue weighted by atomic mass is 10.2. The number of carbonyl (C=O) groups is 1. The Labute approximate surface area is 129 Å². The molecular weight excluding hydrogens is 304 g/mol. The molecule has 7 heteroatoms. The number of rotatable bonds is 5. The van der Waals surface area contributed by atoms with Crippen LogP contribution in [-0.4, -0.2) is 25.4 Å². The third-order valence-corrected chi connectivity index (χ3v) is 5.05. The van der Waals surface area contributed by atoms with Gasteiger partial charge in [-0.2, -0.15) is 0 Å². The van der Waals surface area contributed by atoms with Gasteiger partial charge in [-0.3, -0.25) is 9.29 Å². The molecule has 0 saturated heterocycles. The normalized spacial score (nSPS) is 12.6. The molecule has 0 aliphatic carbocycles. The third-order valence-electron chi connectivity index (χ3n) is 3.17. The van der Waals surface area contributed by atoms with Crippen LogP contribution in [0.1, 0.15) is 12.5 Å². The Morgan fingerprint density at radius 1 is 1.23 bits per heavy atom. The van der Waals surface area contributed by atoms with Gasteiger partial charge in [-0.05, 0) is 38.1 Å². The number of hydrogen-bond donors (Lipinski definition) is 0. The lowest BCUT2D eigenvalue weighted by molar-refractivity contribution is -0.306. The number of carbonyl (C=O) groups excluding carboxylic acids is 1. The number of aromatic nitrogens is 1. The summed E-state index contributed by atoms with van der Waals surface area (Å²) in [6, 6.07) is 8.03. The van der Waals surface area contributed by atoms with Crippen molar-refractivity contribution in [2.45, 2.75) is 24.8 Å². The van der Waals surface area contributed by atoms with E-state index in [9.17, 15) is 18.3 Å². The van der Waals surface area contributed by atoms with Crippen LogP contribution in [0.5, 0.6) is 0 Å². The van der Waals surface area contributed by atoms with E-state index >= 15 is 0 Å². The Morgan fingerprint density at radius 2 is 1.86 bits per heavy atom. The highest BCUT2D eigenvalue weighted by Crippen LogP contribution is 2.26. The predicted octanol–water partition coefficient (Wildman–Crippen LogP) is 0.724. The minimum Gasteiger partial charge on any atom is -0.548 e. The maximum Gasteiger partial charge on any atom is 0.266 e. The summed E-state index contributed by atoms with van der Waals surface area (Å²) < 4.78 is 26.3. The first-order chi connectivity index (χ1) is 10.3. The van der Waals surface area contributed by atoms with Crippen LogP contribution in [0.3, 0.4) is 0 Å². The van der Waals surface area contributed by atoms with Crippen molar-refractivity contribution in [1.82, 2.24) is 4.98 Å². The van der Waals surface area contributed by atoms with E-state index in [1.807, 2.05) is 6.92 Å². The van der Waals surface area contributed by atoms with Gasteiger partial charge in [0.15, 0.2) is 0 Å². The van der Waals surface area contributed by atoms with Gasteiger partial charge in [-0.25, -0.2) is 8.42 Å². The van der Waals surface area contributed by atoms with Crippen LogP contribution in [0.2, 0.25) is 0 Å². The van der Waals surface area contributed by atoms with Crippen LogP contribution >= 0.6 is 0 Å². The molecule has 6 nitrogen and oxygen atoms in total. The molecule has 1 aromatic heterocycles. The van der Waals surface area contributed by atoms with Crippen LogP contribution in [0.15, 0.2) is 53.7 Å². The van der Waals surface area contributed by atoms with E-state index in [1.54, 1.807) is 24.3 Å². The van der Waals surface area contributed by atoms with E-state index in [0.29, 0.717) is 0 Å². The first kappa shape index (κ1) is 16.0. The quantitative estimate of drug-likeness (QED) is 0.810. The molecule has 0 bridgehead atoms. The van der Waals surface area contributed by atoms with Gasteiger partial charge in [-0.15, -0.1) is 0 Å². The van der Waals surface area contributed by atoms with E-state index in [1.165, 1.54) is 31.5 Å². The largest absolute Gasteiger partial charge is 0.548 e. The molecule has 2 rings (SSSR count). The summed E-state index contributed by atoms with van der Waals surface area (Å²) in [7, 11) is -4.06. The Bertz CT molecular complexity index is 758. The fourth-order valence-corrected chi connectivity index (χ4v) is 3.54. The van der Waals surface area contributed by atoms with Gasteiger partial charge in [0.25, 0.3) is 10.0 Å². The first-order valence-electron chi connectivity index (χ1n) is 6.56. The zero-order chi connectivity index (χ0) is 16.3. The van der Waals surface area contributed by atoms with E-state index in [0.717, 1.165) is 9.87 Å². The van der Waals surface area contributed by atoms with Crippen LogP contribution in [0, 0.1) is 6.92 Å². The number of benzene rings is 1. The number of anilines is 1. The maximum absolute atomic E-state index is 12.8. The van der Waals surface area contributed by atoms with Crippen molar-refractivity contribution in [3.63, 3.8) is 0 Å². The number of carboxylic acids is 1. The zero-order valence-electron chi connectivity index (χ0n) is 12.1. The van der Waals surface area contributed by atoms with Crippen molar-refractivity contribution in [3.8, 4) is 0 Å². The first-order valence-corrected chi connectivity index (χ1v) is 8.00. The summed E-state index contributed by atoms with van der Waals surface area (Å²) in [6.45, 7) is 3.12. The Hall–Kier alpha value is -2.41. The number of aliphatic carboxylic acids is 1. The van der Waals surface area contributed by atoms with E-state index in [2.05, 4.69) is 4.98 Å². The summed E-state index contributed by atoms with van der Waals surface area (Å²) in [5.74, 6) is -1.48. The van der Waals surface area contributed by atoms with E-state index < -0.39 is 22.0 Å². The molecule has 0 radical (unpaired) electrons. The molecule has 22 heavy (non-hydrogen) atoms. The lowest BCUT2D eigenvalue weighted by Gasteiger charge is -2.31. The third kappa shape index (κ3) is 3.09. The predicted molar refractivity (Wildman–Crippen MR) is 79.5 cm³/mol. The molecule has 2 aromatic rings. The van der Waals surface area contributed by atoms with Crippen molar-refractivity contribution < 1.29 is 18.3 Å². The average molecular weight is 319 g/mol. The molecule has 0 N–H and O–H groups in total. The topological polar surface area (TPSA) is 90.4 Å². The minimum atomic E-state index is -4.06. The molecule has 0 amide bonds. The van der Waals surface area contributed by atoms with Gasteiger partial charge >= 0.3 is 0 Å². The van der Waals surface area contributed by atoms with Crippen molar-refractivity contribution in [2.75, 3.05) is 4.31 Å². The molecular formula is C15H15N2O4S-. The number of pyridine rings is 1. The second kappa shape index (κ2) is 6.15.